The maximum atomic E-state index is 6.46. The van der Waals surface area contributed by atoms with Crippen LogP contribution < -0.4 is 27.2 Å². The van der Waals surface area contributed by atoms with E-state index in [2.05, 4.69) is 5.32 Å². The fraction of sp³-hybridized carbons (Fsp3) is 0.238. The fourth-order valence-electron chi connectivity index (χ4n) is 2.60. The predicted molar refractivity (Wildman–Crippen MR) is 103 cm³/mol. The molecule has 0 aliphatic rings. The number of benzene rings is 2. The lowest BCUT2D eigenvalue weighted by atomic mass is 10.2. The molecule has 2 aromatic carbocycles. The summed E-state index contributed by atoms with van der Waals surface area (Å²) in [5.41, 5.74) is 2.10. The summed E-state index contributed by atoms with van der Waals surface area (Å²) in [6.07, 6.45) is 1.67. The van der Waals surface area contributed by atoms with E-state index in [1.54, 1.807) is 6.26 Å². The molecule has 0 saturated carbocycles. The van der Waals surface area contributed by atoms with E-state index < -0.39 is 0 Å². The summed E-state index contributed by atoms with van der Waals surface area (Å²) in [5, 5.41) is 3.87. The molecule has 0 saturated heterocycles. The molecule has 0 amide bonds. The van der Waals surface area contributed by atoms with Crippen molar-refractivity contribution in [3.8, 4) is 11.5 Å². The Bertz CT molecular complexity index is 808. The molecule has 0 fully saturated rings. The molecule has 0 atom stereocenters. The molecule has 3 aromatic rings. The molecule has 1 N–H and O–H groups in total. The first-order valence-electron chi connectivity index (χ1n) is 8.61. The predicted octanol–water partition coefficient (Wildman–Crippen LogP) is 2.20. The van der Waals surface area contributed by atoms with Gasteiger partial charge < -0.3 is 31.6 Å². The van der Waals surface area contributed by atoms with Crippen molar-refractivity contribution < 1.29 is 26.3 Å². The van der Waals surface area contributed by atoms with Crippen LogP contribution in [0.15, 0.2) is 65.3 Å². The maximum absolute atomic E-state index is 6.46. The quantitative estimate of drug-likeness (QED) is 0.591. The van der Waals surface area contributed by atoms with Crippen LogP contribution in [0.2, 0.25) is 5.02 Å². The highest BCUT2D eigenvalue weighted by atomic mass is 35.5. The molecule has 0 radical (unpaired) electrons. The second kappa shape index (κ2) is 10.9. The highest BCUT2D eigenvalue weighted by Gasteiger charge is 2.13. The number of furan rings is 1. The third kappa shape index (κ3) is 6.21. The average Bonchev–Trinajstić information content (AvgIpc) is 3.16. The number of nitrogens with one attached hydrogen (secondary N) is 1. The van der Waals surface area contributed by atoms with Gasteiger partial charge in [-0.05, 0) is 42.3 Å². The lowest BCUT2D eigenvalue weighted by Crippen LogP contribution is -3.00. The molecule has 1 heterocycles. The Kier molecular flexibility index (Phi) is 8.52. The zero-order chi connectivity index (χ0) is 18.2. The minimum Gasteiger partial charge on any atom is -1.00 e. The minimum atomic E-state index is 0. The van der Waals surface area contributed by atoms with E-state index >= 15 is 0 Å². The van der Waals surface area contributed by atoms with Crippen molar-refractivity contribution in [1.82, 2.24) is 5.32 Å². The van der Waals surface area contributed by atoms with Gasteiger partial charge in [-0.2, -0.15) is 0 Å². The minimum absolute atomic E-state index is 0. The van der Waals surface area contributed by atoms with Crippen LogP contribution in [0.4, 0.5) is 0 Å². The third-order valence-corrected chi connectivity index (χ3v) is 4.08. The van der Waals surface area contributed by atoms with Crippen LogP contribution in [0.3, 0.4) is 0 Å². The summed E-state index contributed by atoms with van der Waals surface area (Å²) >= 11 is 6.46. The third-order valence-electron chi connectivity index (χ3n) is 3.80. The molecule has 27 heavy (non-hydrogen) atoms. The number of hydrogen-bond donors (Lipinski definition) is 1. The van der Waals surface area contributed by atoms with E-state index in [4.69, 9.17) is 25.5 Å². The lowest BCUT2D eigenvalue weighted by Gasteiger charge is -2.15. The van der Waals surface area contributed by atoms with Crippen LogP contribution in [0, 0.1) is 0 Å². The SMILES string of the molecule is CCOc1cc(CNCc2ccco2)cc(Cl)c1OCc1ccccc1.[Cl-]. The smallest absolute Gasteiger partial charge is 0.180 e. The Labute approximate surface area is 170 Å². The van der Waals surface area contributed by atoms with Gasteiger partial charge in [0, 0.05) is 6.54 Å². The first-order valence-corrected chi connectivity index (χ1v) is 8.99. The molecule has 3 rings (SSSR count). The van der Waals surface area contributed by atoms with Gasteiger partial charge in [-0.1, -0.05) is 41.9 Å². The molecule has 6 heteroatoms. The second-order valence-corrected chi connectivity index (χ2v) is 6.20. The molecule has 144 valence electrons. The fourth-order valence-corrected chi connectivity index (χ4v) is 2.89. The Hall–Kier alpha value is -2.14. The summed E-state index contributed by atoms with van der Waals surface area (Å²) < 4.78 is 17.0. The highest BCUT2D eigenvalue weighted by molar-refractivity contribution is 6.32. The van der Waals surface area contributed by atoms with Gasteiger partial charge >= 0.3 is 0 Å². The summed E-state index contributed by atoms with van der Waals surface area (Å²) in [7, 11) is 0. The normalized spacial score (nSPS) is 10.3. The van der Waals surface area contributed by atoms with Gasteiger partial charge in [-0.3, -0.25) is 0 Å². The van der Waals surface area contributed by atoms with E-state index in [0.717, 1.165) is 16.9 Å². The molecular weight excluding hydrogens is 385 g/mol. The summed E-state index contributed by atoms with van der Waals surface area (Å²) in [4.78, 5) is 0. The van der Waals surface area contributed by atoms with E-state index in [1.807, 2.05) is 61.5 Å². The molecule has 0 aliphatic carbocycles. The van der Waals surface area contributed by atoms with E-state index in [9.17, 15) is 0 Å². The van der Waals surface area contributed by atoms with Crippen LogP contribution in [0.1, 0.15) is 23.8 Å². The molecule has 0 aliphatic heterocycles. The van der Waals surface area contributed by atoms with E-state index in [-0.39, 0.29) is 12.4 Å². The van der Waals surface area contributed by atoms with Crippen molar-refractivity contribution in [2.75, 3.05) is 6.61 Å². The highest BCUT2D eigenvalue weighted by Crippen LogP contribution is 2.37. The molecule has 4 nitrogen and oxygen atoms in total. The molecule has 0 unspecified atom stereocenters. The summed E-state index contributed by atoms with van der Waals surface area (Å²) in [6.45, 7) is 4.23. The number of rotatable bonds is 9. The first-order chi connectivity index (χ1) is 12.8. The van der Waals surface area contributed by atoms with Gasteiger partial charge in [-0.15, -0.1) is 0 Å². The number of hydrogen-bond acceptors (Lipinski definition) is 4. The van der Waals surface area contributed by atoms with Gasteiger partial charge in [-0.25, -0.2) is 0 Å². The molecule has 0 spiro atoms. The Morgan fingerprint density at radius 1 is 0.963 bits per heavy atom. The topological polar surface area (TPSA) is 43.6 Å². The molecule has 0 bridgehead atoms. The van der Waals surface area contributed by atoms with Crippen LogP contribution in [-0.2, 0) is 19.7 Å². The Morgan fingerprint density at radius 2 is 1.78 bits per heavy atom. The average molecular weight is 407 g/mol. The largest absolute Gasteiger partial charge is 1.00 e. The van der Waals surface area contributed by atoms with E-state index in [0.29, 0.717) is 42.8 Å². The summed E-state index contributed by atoms with van der Waals surface area (Å²) in [5.74, 6) is 2.13. The Balaban J connectivity index is 0.00000261. The van der Waals surface area contributed by atoms with Crippen LogP contribution in [0.5, 0.6) is 11.5 Å². The van der Waals surface area contributed by atoms with Gasteiger partial charge in [0.2, 0.25) is 0 Å². The summed E-state index contributed by atoms with van der Waals surface area (Å²) in [6, 6.07) is 17.7. The first kappa shape index (κ1) is 21.2. The van der Waals surface area contributed by atoms with Gasteiger partial charge in [0.25, 0.3) is 0 Å². The monoisotopic (exact) mass is 406 g/mol. The number of halogens is 2. The van der Waals surface area contributed by atoms with Crippen molar-refractivity contribution in [3.63, 3.8) is 0 Å². The van der Waals surface area contributed by atoms with Gasteiger partial charge in [0.05, 0.1) is 24.4 Å². The van der Waals surface area contributed by atoms with Gasteiger partial charge in [0.1, 0.15) is 12.4 Å². The zero-order valence-corrected chi connectivity index (χ0v) is 16.6. The van der Waals surface area contributed by atoms with Crippen molar-refractivity contribution in [2.45, 2.75) is 26.6 Å². The number of ether oxygens (including phenoxy) is 2. The van der Waals surface area contributed by atoms with Crippen molar-refractivity contribution in [2.24, 2.45) is 0 Å². The Morgan fingerprint density at radius 3 is 2.48 bits per heavy atom. The van der Waals surface area contributed by atoms with Crippen molar-refractivity contribution in [3.05, 3.63) is 82.8 Å². The second-order valence-electron chi connectivity index (χ2n) is 5.80. The maximum Gasteiger partial charge on any atom is 0.180 e. The lowest BCUT2D eigenvalue weighted by molar-refractivity contribution is -0.00000648. The van der Waals surface area contributed by atoms with Crippen molar-refractivity contribution >= 4 is 11.6 Å². The molecular formula is C21H22Cl2NO3-. The van der Waals surface area contributed by atoms with Crippen LogP contribution in [-0.4, -0.2) is 6.61 Å². The van der Waals surface area contributed by atoms with Crippen LogP contribution >= 0.6 is 11.6 Å². The van der Waals surface area contributed by atoms with Crippen LogP contribution in [0.25, 0.3) is 0 Å². The van der Waals surface area contributed by atoms with E-state index in [1.165, 1.54) is 0 Å². The zero-order valence-electron chi connectivity index (χ0n) is 15.1. The van der Waals surface area contributed by atoms with Gasteiger partial charge in [0.15, 0.2) is 11.5 Å². The standard InChI is InChI=1S/C21H22ClNO3.ClH/c1-2-24-20-12-17(13-23-14-18-9-6-10-25-18)11-19(22)21(20)26-15-16-7-4-3-5-8-16;/h3-12,23H,2,13-15H2,1H3;1H/p-1. The van der Waals surface area contributed by atoms with Crippen molar-refractivity contribution in [1.29, 1.82) is 0 Å². The molecule has 1 aromatic heterocycles.